The third kappa shape index (κ3) is 4.77. The maximum Gasteiger partial charge on any atom is 0.188 e. The van der Waals surface area contributed by atoms with Crippen molar-refractivity contribution in [2.45, 2.75) is 46.1 Å². The molecule has 5 nitrogen and oxygen atoms in total. The van der Waals surface area contributed by atoms with Gasteiger partial charge in [-0.3, -0.25) is 4.68 Å². The first-order valence-corrected chi connectivity index (χ1v) is 6.66. The zero-order valence-electron chi connectivity index (χ0n) is 11.7. The minimum Gasteiger partial charge on any atom is -0.370 e. The lowest BCUT2D eigenvalue weighted by atomic mass is 10.2. The highest BCUT2D eigenvalue weighted by Crippen LogP contribution is 2.06. The van der Waals surface area contributed by atoms with Gasteiger partial charge >= 0.3 is 0 Å². The van der Waals surface area contributed by atoms with Gasteiger partial charge < -0.3 is 11.1 Å². The zero-order valence-corrected chi connectivity index (χ0v) is 11.7. The molecule has 5 heteroatoms. The van der Waals surface area contributed by atoms with Crippen LogP contribution in [0.15, 0.2) is 11.2 Å². The number of unbranched alkanes of at least 4 members (excludes halogenated alkanes) is 3. The smallest absolute Gasteiger partial charge is 0.188 e. The van der Waals surface area contributed by atoms with Gasteiger partial charge in [-0.05, 0) is 13.3 Å². The summed E-state index contributed by atoms with van der Waals surface area (Å²) in [5.74, 6) is 0.523. The number of nitrogens with zero attached hydrogens (tertiary/aromatic N) is 3. The van der Waals surface area contributed by atoms with Crippen molar-refractivity contribution >= 4 is 5.96 Å². The number of nitrogens with one attached hydrogen (secondary N) is 1. The molecule has 0 saturated carbocycles. The molecule has 0 fully saturated rings. The second kappa shape index (κ2) is 7.74. The van der Waals surface area contributed by atoms with Gasteiger partial charge in [0, 0.05) is 24.8 Å². The molecule has 0 aliphatic rings. The largest absolute Gasteiger partial charge is 0.370 e. The SMILES string of the molecule is CCCCCCNC(N)=NCc1cnn(C)c1C. The van der Waals surface area contributed by atoms with Crippen molar-refractivity contribution in [1.29, 1.82) is 0 Å². The third-order valence-electron chi connectivity index (χ3n) is 3.09. The van der Waals surface area contributed by atoms with E-state index in [-0.39, 0.29) is 0 Å². The molecular weight excluding hydrogens is 226 g/mol. The molecule has 0 atom stereocenters. The summed E-state index contributed by atoms with van der Waals surface area (Å²) in [6.07, 6.45) is 6.78. The molecular formula is C13H25N5. The standard InChI is InChI=1S/C13H25N5/c1-4-5-6-7-8-15-13(14)16-9-12-10-17-18(3)11(12)2/h10H,4-9H2,1-3H3,(H3,14,15,16). The molecule has 0 spiro atoms. The second-order valence-electron chi connectivity index (χ2n) is 4.57. The van der Waals surface area contributed by atoms with Crippen LogP contribution in [-0.2, 0) is 13.6 Å². The molecule has 1 heterocycles. The minimum absolute atomic E-state index is 0.523. The normalized spacial score (nSPS) is 11.8. The Hall–Kier alpha value is -1.52. The van der Waals surface area contributed by atoms with Gasteiger partial charge in [-0.2, -0.15) is 5.10 Å². The van der Waals surface area contributed by atoms with Gasteiger partial charge in [-0.25, -0.2) is 4.99 Å². The first kappa shape index (κ1) is 14.5. The molecule has 1 aromatic heterocycles. The Morgan fingerprint density at radius 2 is 2.22 bits per heavy atom. The summed E-state index contributed by atoms with van der Waals surface area (Å²) in [5.41, 5.74) is 8.06. The van der Waals surface area contributed by atoms with Crippen LogP contribution >= 0.6 is 0 Å². The fourth-order valence-electron chi connectivity index (χ4n) is 1.69. The van der Waals surface area contributed by atoms with E-state index in [9.17, 15) is 0 Å². The van der Waals surface area contributed by atoms with Crippen LogP contribution in [0.2, 0.25) is 0 Å². The van der Waals surface area contributed by atoms with E-state index in [0.717, 1.165) is 24.2 Å². The van der Waals surface area contributed by atoms with Crippen LogP contribution in [0.3, 0.4) is 0 Å². The van der Waals surface area contributed by atoms with Gasteiger partial charge in [0.2, 0.25) is 0 Å². The first-order valence-electron chi connectivity index (χ1n) is 6.66. The summed E-state index contributed by atoms with van der Waals surface area (Å²) < 4.78 is 1.85. The highest BCUT2D eigenvalue weighted by molar-refractivity contribution is 5.77. The third-order valence-corrected chi connectivity index (χ3v) is 3.09. The van der Waals surface area contributed by atoms with E-state index < -0.39 is 0 Å². The Labute approximate surface area is 109 Å². The molecule has 18 heavy (non-hydrogen) atoms. The van der Waals surface area contributed by atoms with E-state index in [1.807, 2.05) is 24.9 Å². The zero-order chi connectivity index (χ0) is 13.4. The van der Waals surface area contributed by atoms with E-state index in [4.69, 9.17) is 5.73 Å². The minimum atomic E-state index is 0.523. The average molecular weight is 251 g/mol. The van der Waals surface area contributed by atoms with Crippen LogP contribution < -0.4 is 11.1 Å². The van der Waals surface area contributed by atoms with Gasteiger partial charge in [-0.1, -0.05) is 26.2 Å². The number of aliphatic imine (C=N–C) groups is 1. The van der Waals surface area contributed by atoms with E-state index in [2.05, 4.69) is 22.3 Å². The summed E-state index contributed by atoms with van der Waals surface area (Å²) in [7, 11) is 1.93. The molecule has 0 aliphatic carbocycles. The quantitative estimate of drug-likeness (QED) is 0.440. The summed E-state index contributed by atoms with van der Waals surface area (Å²) in [5, 5.41) is 7.31. The molecule has 0 aliphatic heterocycles. The number of hydrogen-bond donors (Lipinski definition) is 2. The van der Waals surface area contributed by atoms with Gasteiger partial charge in [0.25, 0.3) is 0 Å². The monoisotopic (exact) mass is 251 g/mol. The van der Waals surface area contributed by atoms with E-state index in [1.54, 1.807) is 0 Å². The first-order chi connectivity index (χ1) is 8.65. The van der Waals surface area contributed by atoms with Gasteiger partial charge in [0.05, 0.1) is 12.7 Å². The highest BCUT2D eigenvalue weighted by atomic mass is 15.3. The number of hydrogen-bond acceptors (Lipinski definition) is 2. The predicted molar refractivity (Wildman–Crippen MR) is 75.4 cm³/mol. The lowest BCUT2D eigenvalue weighted by Crippen LogP contribution is -2.32. The van der Waals surface area contributed by atoms with Crippen LogP contribution in [0, 0.1) is 6.92 Å². The van der Waals surface area contributed by atoms with Crippen LogP contribution in [0.25, 0.3) is 0 Å². The lowest BCUT2D eigenvalue weighted by Gasteiger charge is -2.05. The molecule has 1 rings (SSSR count). The van der Waals surface area contributed by atoms with Crippen molar-refractivity contribution in [3.05, 3.63) is 17.5 Å². The Morgan fingerprint density at radius 3 is 2.83 bits per heavy atom. The van der Waals surface area contributed by atoms with Crippen molar-refractivity contribution < 1.29 is 0 Å². The summed E-state index contributed by atoms with van der Waals surface area (Å²) >= 11 is 0. The number of guanidine groups is 1. The molecule has 3 N–H and O–H groups in total. The number of aryl methyl sites for hydroxylation is 1. The molecule has 0 radical (unpaired) electrons. The molecule has 0 bridgehead atoms. The Kier molecular flexibility index (Phi) is 6.25. The summed E-state index contributed by atoms with van der Waals surface area (Å²) in [6, 6.07) is 0. The lowest BCUT2D eigenvalue weighted by molar-refractivity contribution is 0.652. The Bertz CT molecular complexity index is 381. The molecule has 0 saturated heterocycles. The maximum absolute atomic E-state index is 5.80. The Balaban J connectivity index is 2.27. The van der Waals surface area contributed by atoms with E-state index in [1.165, 1.54) is 19.3 Å². The van der Waals surface area contributed by atoms with Crippen LogP contribution in [0.1, 0.15) is 43.9 Å². The number of nitrogens with two attached hydrogens (primary N) is 1. The molecule has 0 amide bonds. The van der Waals surface area contributed by atoms with Crippen molar-refractivity contribution in [3.8, 4) is 0 Å². The van der Waals surface area contributed by atoms with Crippen LogP contribution in [0.5, 0.6) is 0 Å². The molecule has 0 aromatic carbocycles. The van der Waals surface area contributed by atoms with Gasteiger partial charge in [0.1, 0.15) is 0 Å². The molecule has 102 valence electrons. The van der Waals surface area contributed by atoms with E-state index >= 15 is 0 Å². The fraction of sp³-hybridized carbons (Fsp3) is 0.692. The number of rotatable bonds is 7. The van der Waals surface area contributed by atoms with E-state index in [0.29, 0.717) is 12.5 Å². The van der Waals surface area contributed by atoms with Crippen molar-refractivity contribution in [2.75, 3.05) is 6.54 Å². The summed E-state index contributed by atoms with van der Waals surface area (Å²) in [4.78, 5) is 4.32. The van der Waals surface area contributed by atoms with Crippen molar-refractivity contribution in [2.24, 2.45) is 17.8 Å². The van der Waals surface area contributed by atoms with Crippen molar-refractivity contribution in [1.82, 2.24) is 15.1 Å². The molecule has 0 unspecified atom stereocenters. The van der Waals surface area contributed by atoms with Crippen LogP contribution in [-0.4, -0.2) is 22.3 Å². The number of aromatic nitrogens is 2. The Morgan fingerprint density at radius 1 is 1.44 bits per heavy atom. The average Bonchev–Trinajstić information content (AvgIpc) is 2.67. The predicted octanol–water partition coefficient (Wildman–Crippen LogP) is 1.71. The highest BCUT2D eigenvalue weighted by Gasteiger charge is 2.02. The van der Waals surface area contributed by atoms with Gasteiger partial charge in [-0.15, -0.1) is 0 Å². The maximum atomic E-state index is 5.80. The topological polar surface area (TPSA) is 68.2 Å². The van der Waals surface area contributed by atoms with Crippen molar-refractivity contribution in [3.63, 3.8) is 0 Å². The second-order valence-corrected chi connectivity index (χ2v) is 4.57. The fourth-order valence-corrected chi connectivity index (χ4v) is 1.69. The molecule has 1 aromatic rings. The van der Waals surface area contributed by atoms with Crippen LogP contribution in [0.4, 0.5) is 0 Å². The summed E-state index contributed by atoms with van der Waals surface area (Å²) in [6.45, 7) is 5.74. The van der Waals surface area contributed by atoms with Gasteiger partial charge in [0.15, 0.2) is 5.96 Å².